The number of nitrogens with zero attached hydrogens (tertiary/aromatic N) is 2. The van der Waals surface area contributed by atoms with Crippen molar-refractivity contribution in [2.45, 2.75) is 6.92 Å². The average Bonchev–Trinajstić information content (AvgIpc) is 2.33. The van der Waals surface area contributed by atoms with Gasteiger partial charge < -0.3 is 11.1 Å². The molecule has 0 fully saturated rings. The highest BCUT2D eigenvalue weighted by atomic mass is 35.5. The number of anilines is 2. The zero-order chi connectivity index (χ0) is 14.9. The Bertz CT molecular complexity index is 670. The molecule has 2 aromatic rings. The van der Waals surface area contributed by atoms with Gasteiger partial charge in [0.15, 0.2) is 0 Å². The Labute approximate surface area is 130 Å². The molecule has 0 saturated carbocycles. The first kappa shape index (κ1) is 14.9. The third-order valence-electron chi connectivity index (χ3n) is 2.35. The fourth-order valence-electron chi connectivity index (χ4n) is 1.52. The molecule has 1 heterocycles. The smallest absolute Gasteiger partial charge is 0.228 e. The quantitative estimate of drug-likeness (QED) is 0.841. The number of aromatic nitrogens is 2. The second-order valence-electron chi connectivity index (χ2n) is 3.95. The largest absolute Gasteiger partial charge is 0.388 e. The summed E-state index contributed by atoms with van der Waals surface area (Å²) >= 11 is 16.7. The van der Waals surface area contributed by atoms with Crippen molar-refractivity contribution in [3.05, 3.63) is 45.4 Å². The molecule has 1 aromatic heterocycles. The van der Waals surface area contributed by atoms with Crippen LogP contribution in [0.3, 0.4) is 0 Å². The van der Waals surface area contributed by atoms with Crippen LogP contribution >= 0.6 is 35.4 Å². The Morgan fingerprint density at radius 2 is 1.85 bits per heavy atom. The molecule has 2 rings (SSSR count). The van der Waals surface area contributed by atoms with Crippen molar-refractivity contribution in [1.82, 2.24) is 9.97 Å². The molecule has 0 saturated heterocycles. The summed E-state index contributed by atoms with van der Waals surface area (Å²) in [5.41, 5.74) is 6.94. The first-order valence-corrected chi connectivity index (χ1v) is 6.60. The van der Waals surface area contributed by atoms with Crippen LogP contribution in [0.4, 0.5) is 16.0 Å². The highest BCUT2D eigenvalue weighted by molar-refractivity contribution is 7.80. The molecule has 0 bridgehead atoms. The number of hydrogen-bond donors (Lipinski definition) is 2. The lowest BCUT2D eigenvalue weighted by Crippen LogP contribution is -2.14. The molecule has 0 radical (unpaired) electrons. The number of nitrogens with two attached hydrogens (primary N) is 1. The van der Waals surface area contributed by atoms with Gasteiger partial charge in [0.05, 0.1) is 15.7 Å². The summed E-state index contributed by atoms with van der Waals surface area (Å²) in [5.74, 6) is -0.303. The summed E-state index contributed by atoms with van der Waals surface area (Å²) in [6.07, 6.45) is 0. The van der Waals surface area contributed by atoms with Crippen LogP contribution in [-0.4, -0.2) is 15.0 Å². The highest BCUT2D eigenvalue weighted by Gasteiger charge is 2.11. The maximum atomic E-state index is 13.1. The summed E-state index contributed by atoms with van der Waals surface area (Å²) in [6.45, 7) is 1.77. The zero-order valence-electron chi connectivity index (χ0n) is 10.2. The number of hydrogen-bond acceptors (Lipinski definition) is 4. The molecule has 0 spiro atoms. The molecule has 3 N–H and O–H groups in total. The predicted molar refractivity (Wildman–Crippen MR) is 82.4 cm³/mol. The first-order chi connectivity index (χ1) is 9.36. The van der Waals surface area contributed by atoms with E-state index in [1.165, 1.54) is 0 Å². The minimum absolute atomic E-state index is 0.122. The standard InChI is InChI=1S/C12H9Cl2FN4S/c1-5-2-9(11(16)20)18-12(17-5)19-10-7(13)3-6(15)4-8(10)14/h2-4H,1H3,(H2,16,20)(H,17,18,19). The number of aryl methyl sites for hydroxylation is 1. The monoisotopic (exact) mass is 330 g/mol. The average molecular weight is 331 g/mol. The van der Waals surface area contributed by atoms with Gasteiger partial charge in [-0.3, -0.25) is 0 Å². The van der Waals surface area contributed by atoms with Crippen LogP contribution in [0.1, 0.15) is 11.4 Å². The molecule has 0 aliphatic rings. The van der Waals surface area contributed by atoms with E-state index in [-0.39, 0.29) is 21.0 Å². The van der Waals surface area contributed by atoms with Gasteiger partial charge in [0.25, 0.3) is 0 Å². The van der Waals surface area contributed by atoms with E-state index in [9.17, 15) is 4.39 Å². The fraction of sp³-hybridized carbons (Fsp3) is 0.0833. The van der Waals surface area contributed by atoms with Gasteiger partial charge in [-0.25, -0.2) is 14.4 Å². The van der Waals surface area contributed by atoms with Gasteiger partial charge in [-0.1, -0.05) is 35.4 Å². The van der Waals surface area contributed by atoms with Gasteiger partial charge >= 0.3 is 0 Å². The van der Waals surface area contributed by atoms with Crippen LogP contribution in [0.15, 0.2) is 18.2 Å². The van der Waals surface area contributed by atoms with E-state index in [0.29, 0.717) is 17.1 Å². The topological polar surface area (TPSA) is 63.8 Å². The van der Waals surface area contributed by atoms with Gasteiger partial charge in [-0.2, -0.15) is 0 Å². The fourth-order valence-corrected chi connectivity index (χ4v) is 2.18. The number of benzene rings is 1. The van der Waals surface area contributed by atoms with Crippen molar-refractivity contribution >= 4 is 52.0 Å². The summed E-state index contributed by atoms with van der Waals surface area (Å²) in [5, 5.41) is 3.08. The van der Waals surface area contributed by atoms with Gasteiger partial charge in [-0.15, -0.1) is 0 Å². The van der Waals surface area contributed by atoms with Crippen LogP contribution < -0.4 is 11.1 Å². The number of thiocarbonyl (C=S) groups is 1. The summed E-state index contributed by atoms with van der Waals surface area (Å²) < 4.78 is 13.1. The highest BCUT2D eigenvalue weighted by Crippen LogP contribution is 2.33. The number of halogens is 3. The van der Waals surface area contributed by atoms with Crippen LogP contribution in [0.2, 0.25) is 10.0 Å². The molecule has 8 heteroatoms. The Hall–Kier alpha value is -1.50. The third kappa shape index (κ3) is 3.33. The molecule has 0 atom stereocenters. The molecular weight excluding hydrogens is 322 g/mol. The van der Waals surface area contributed by atoms with Crippen LogP contribution in [0.5, 0.6) is 0 Å². The van der Waals surface area contributed by atoms with E-state index in [2.05, 4.69) is 15.3 Å². The van der Waals surface area contributed by atoms with E-state index in [1.54, 1.807) is 13.0 Å². The predicted octanol–water partition coefficient (Wildman–Crippen LogP) is 3.61. The summed E-state index contributed by atoms with van der Waals surface area (Å²) in [6, 6.07) is 3.93. The van der Waals surface area contributed by atoms with Gasteiger partial charge in [0.1, 0.15) is 16.5 Å². The van der Waals surface area contributed by atoms with Crippen LogP contribution in [0, 0.1) is 12.7 Å². The Kier molecular flexibility index (Phi) is 4.37. The second kappa shape index (κ2) is 5.87. The Morgan fingerprint density at radius 1 is 1.25 bits per heavy atom. The molecule has 0 unspecified atom stereocenters. The zero-order valence-corrected chi connectivity index (χ0v) is 12.6. The van der Waals surface area contributed by atoms with Gasteiger partial charge in [0.2, 0.25) is 5.95 Å². The molecule has 104 valence electrons. The number of nitrogens with one attached hydrogen (secondary N) is 1. The Balaban J connectivity index is 2.42. The van der Waals surface area contributed by atoms with E-state index in [1.807, 2.05) is 0 Å². The van der Waals surface area contributed by atoms with E-state index < -0.39 is 5.82 Å². The van der Waals surface area contributed by atoms with Crippen molar-refractivity contribution < 1.29 is 4.39 Å². The van der Waals surface area contributed by atoms with Crippen LogP contribution in [0.25, 0.3) is 0 Å². The van der Waals surface area contributed by atoms with Crippen molar-refractivity contribution in [2.75, 3.05) is 5.32 Å². The summed E-state index contributed by atoms with van der Waals surface area (Å²) in [4.78, 5) is 8.45. The van der Waals surface area contributed by atoms with Gasteiger partial charge in [-0.05, 0) is 25.1 Å². The second-order valence-corrected chi connectivity index (χ2v) is 5.21. The normalized spacial score (nSPS) is 10.4. The minimum Gasteiger partial charge on any atom is -0.388 e. The molecule has 0 aliphatic heterocycles. The molecule has 0 aliphatic carbocycles. The third-order valence-corrected chi connectivity index (χ3v) is 3.16. The van der Waals surface area contributed by atoms with E-state index in [0.717, 1.165) is 12.1 Å². The lowest BCUT2D eigenvalue weighted by molar-refractivity contribution is 0.628. The molecule has 1 aromatic carbocycles. The maximum Gasteiger partial charge on any atom is 0.228 e. The lowest BCUT2D eigenvalue weighted by Gasteiger charge is -2.10. The maximum absolute atomic E-state index is 13.1. The van der Waals surface area contributed by atoms with Crippen molar-refractivity contribution in [3.63, 3.8) is 0 Å². The van der Waals surface area contributed by atoms with E-state index in [4.69, 9.17) is 41.2 Å². The summed E-state index contributed by atoms with van der Waals surface area (Å²) in [7, 11) is 0. The van der Waals surface area contributed by atoms with Gasteiger partial charge in [0, 0.05) is 5.69 Å². The van der Waals surface area contributed by atoms with Crippen molar-refractivity contribution in [1.29, 1.82) is 0 Å². The first-order valence-electron chi connectivity index (χ1n) is 5.44. The van der Waals surface area contributed by atoms with Crippen LogP contribution in [-0.2, 0) is 0 Å². The SMILES string of the molecule is Cc1cc(C(N)=S)nc(Nc2c(Cl)cc(F)cc2Cl)n1. The Morgan fingerprint density at radius 3 is 2.40 bits per heavy atom. The van der Waals surface area contributed by atoms with Crippen molar-refractivity contribution in [2.24, 2.45) is 5.73 Å². The molecule has 0 amide bonds. The van der Waals surface area contributed by atoms with E-state index >= 15 is 0 Å². The molecule has 4 nitrogen and oxygen atoms in total. The minimum atomic E-state index is -0.528. The van der Waals surface area contributed by atoms with Crippen molar-refractivity contribution in [3.8, 4) is 0 Å². The lowest BCUT2D eigenvalue weighted by atomic mass is 10.3. The number of rotatable bonds is 3. The molecule has 20 heavy (non-hydrogen) atoms. The molecular formula is C12H9Cl2FN4S.